The summed E-state index contributed by atoms with van der Waals surface area (Å²) in [5.74, 6) is 1.22. The average Bonchev–Trinajstić information content (AvgIpc) is 3.34. The lowest BCUT2D eigenvalue weighted by atomic mass is 9.97. The number of halogens is 1. The second-order valence-corrected chi connectivity index (χ2v) is 8.44. The molecule has 1 fully saturated rings. The van der Waals surface area contributed by atoms with Crippen LogP contribution in [0.1, 0.15) is 29.8 Å². The number of hydrogen-bond donors (Lipinski definition) is 1. The zero-order valence-corrected chi connectivity index (χ0v) is 17.5. The fourth-order valence-electron chi connectivity index (χ4n) is 4.49. The van der Waals surface area contributed by atoms with Crippen molar-refractivity contribution in [3.63, 3.8) is 0 Å². The van der Waals surface area contributed by atoms with Crippen molar-refractivity contribution in [2.45, 2.75) is 26.3 Å². The second kappa shape index (κ2) is 7.74. The van der Waals surface area contributed by atoms with Gasteiger partial charge in [-0.15, -0.1) is 0 Å². The van der Waals surface area contributed by atoms with E-state index in [0.717, 1.165) is 25.2 Å². The number of rotatable bonds is 4. The zero-order valence-electron chi connectivity index (χ0n) is 17.5. The van der Waals surface area contributed by atoms with Crippen LogP contribution in [0.4, 0.5) is 4.39 Å². The summed E-state index contributed by atoms with van der Waals surface area (Å²) in [4.78, 5) is 22.5. The minimum Gasteiger partial charge on any atom is -0.307 e. The summed E-state index contributed by atoms with van der Waals surface area (Å²) in [6.45, 7) is 6.69. The van der Waals surface area contributed by atoms with Gasteiger partial charge < -0.3 is 4.98 Å². The first-order valence-electron chi connectivity index (χ1n) is 10.5. The number of nitrogens with one attached hydrogen (secondary N) is 1. The largest absolute Gasteiger partial charge is 0.307 e. The SMILES string of the molecule is Cc1ccc(F)cc1-c1ncc2c(=O)[nH]c(C3CN(Cc4ccccc4)CC3C)nn12. The van der Waals surface area contributed by atoms with Gasteiger partial charge in [-0.1, -0.05) is 43.3 Å². The van der Waals surface area contributed by atoms with Crippen molar-refractivity contribution in [2.75, 3.05) is 13.1 Å². The Morgan fingerprint density at radius 1 is 1.16 bits per heavy atom. The van der Waals surface area contributed by atoms with Gasteiger partial charge in [0.25, 0.3) is 5.56 Å². The Morgan fingerprint density at radius 3 is 2.77 bits per heavy atom. The van der Waals surface area contributed by atoms with E-state index in [2.05, 4.69) is 33.9 Å². The number of benzene rings is 2. The van der Waals surface area contributed by atoms with Gasteiger partial charge in [0.2, 0.25) is 0 Å². The Balaban J connectivity index is 1.51. The Labute approximate surface area is 179 Å². The van der Waals surface area contributed by atoms with Crippen molar-refractivity contribution >= 4 is 5.52 Å². The first-order chi connectivity index (χ1) is 15.0. The van der Waals surface area contributed by atoms with Crippen molar-refractivity contribution < 1.29 is 4.39 Å². The molecule has 31 heavy (non-hydrogen) atoms. The minimum atomic E-state index is -0.344. The third-order valence-electron chi connectivity index (χ3n) is 6.15. The number of aromatic nitrogens is 4. The summed E-state index contributed by atoms with van der Waals surface area (Å²) in [6, 6.07) is 14.9. The molecule has 0 saturated carbocycles. The standard InChI is InChI=1S/C24H24FN5O/c1-15-8-9-18(25)10-19(15)23-26-11-21-24(31)27-22(28-30(21)23)20-14-29(12-16(20)2)13-17-6-4-3-5-7-17/h3-11,16,20H,12-14H2,1-2H3,(H,27,28,31). The maximum absolute atomic E-state index is 13.9. The van der Waals surface area contributed by atoms with E-state index in [1.165, 1.54) is 23.9 Å². The van der Waals surface area contributed by atoms with E-state index in [4.69, 9.17) is 5.10 Å². The van der Waals surface area contributed by atoms with Crippen LogP contribution in [0.25, 0.3) is 16.9 Å². The average molecular weight is 417 g/mol. The Kier molecular flexibility index (Phi) is 4.90. The van der Waals surface area contributed by atoms with Crippen LogP contribution >= 0.6 is 0 Å². The molecule has 0 aliphatic carbocycles. The molecule has 2 unspecified atom stereocenters. The van der Waals surface area contributed by atoms with E-state index in [1.807, 2.05) is 25.1 Å². The first-order valence-corrected chi connectivity index (χ1v) is 10.5. The van der Waals surface area contributed by atoms with Crippen molar-refractivity contribution in [3.8, 4) is 11.4 Å². The molecule has 7 heteroatoms. The summed E-state index contributed by atoms with van der Waals surface area (Å²) in [5, 5.41) is 4.77. The first kappa shape index (κ1) is 19.6. The molecule has 0 amide bonds. The summed E-state index contributed by atoms with van der Waals surface area (Å²) >= 11 is 0. The van der Waals surface area contributed by atoms with Gasteiger partial charge in [0, 0.05) is 31.1 Å². The molecule has 0 radical (unpaired) electrons. The normalized spacial score (nSPS) is 19.3. The molecule has 3 heterocycles. The van der Waals surface area contributed by atoms with E-state index < -0.39 is 0 Å². The second-order valence-electron chi connectivity index (χ2n) is 8.44. The van der Waals surface area contributed by atoms with E-state index >= 15 is 0 Å². The van der Waals surface area contributed by atoms with Crippen molar-refractivity contribution in [1.29, 1.82) is 0 Å². The Hall–Kier alpha value is -3.32. The van der Waals surface area contributed by atoms with Gasteiger partial charge in [0.1, 0.15) is 11.6 Å². The van der Waals surface area contributed by atoms with E-state index in [0.29, 0.717) is 28.6 Å². The van der Waals surface area contributed by atoms with Crippen LogP contribution < -0.4 is 5.56 Å². The molecule has 5 rings (SSSR count). The lowest BCUT2D eigenvalue weighted by molar-refractivity contribution is 0.318. The monoisotopic (exact) mass is 417 g/mol. The fourth-order valence-corrected chi connectivity index (χ4v) is 4.49. The molecular formula is C24H24FN5O. The van der Waals surface area contributed by atoms with Gasteiger partial charge in [0.05, 0.1) is 6.20 Å². The van der Waals surface area contributed by atoms with Gasteiger partial charge in [0.15, 0.2) is 11.3 Å². The van der Waals surface area contributed by atoms with Crippen LogP contribution in [0, 0.1) is 18.7 Å². The van der Waals surface area contributed by atoms with Crippen LogP contribution in [0.5, 0.6) is 0 Å². The number of nitrogens with zero attached hydrogens (tertiary/aromatic N) is 4. The van der Waals surface area contributed by atoms with Gasteiger partial charge in [-0.2, -0.15) is 5.10 Å². The molecular weight excluding hydrogens is 393 g/mol. The maximum atomic E-state index is 13.9. The molecule has 1 N–H and O–H groups in total. The van der Waals surface area contributed by atoms with Crippen molar-refractivity contribution in [1.82, 2.24) is 24.5 Å². The number of aromatic amines is 1. The number of fused-ring (bicyclic) bond motifs is 1. The third-order valence-corrected chi connectivity index (χ3v) is 6.15. The van der Waals surface area contributed by atoms with Crippen LogP contribution in [-0.4, -0.2) is 37.6 Å². The van der Waals surface area contributed by atoms with Crippen molar-refractivity contribution in [2.24, 2.45) is 5.92 Å². The van der Waals surface area contributed by atoms with Gasteiger partial charge in [-0.25, -0.2) is 13.9 Å². The van der Waals surface area contributed by atoms with Crippen LogP contribution in [-0.2, 0) is 6.54 Å². The third kappa shape index (κ3) is 3.65. The molecule has 0 bridgehead atoms. The van der Waals surface area contributed by atoms with Crippen LogP contribution in [0.3, 0.4) is 0 Å². The highest BCUT2D eigenvalue weighted by Crippen LogP contribution is 2.31. The van der Waals surface area contributed by atoms with Crippen molar-refractivity contribution in [3.05, 3.63) is 87.9 Å². The maximum Gasteiger partial charge on any atom is 0.276 e. The predicted molar refractivity (Wildman–Crippen MR) is 117 cm³/mol. The smallest absolute Gasteiger partial charge is 0.276 e. The quantitative estimate of drug-likeness (QED) is 0.549. The highest BCUT2D eigenvalue weighted by molar-refractivity contribution is 5.64. The van der Waals surface area contributed by atoms with Crippen LogP contribution in [0.15, 0.2) is 59.5 Å². The molecule has 0 spiro atoms. The van der Waals surface area contributed by atoms with E-state index in [9.17, 15) is 9.18 Å². The number of hydrogen-bond acceptors (Lipinski definition) is 4. The Morgan fingerprint density at radius 2 is 1.97 bits per heavy atom. The summed E-state index contributed by atoms with van der Waals surface area (Å²) in [5.41, 5.74) is 2.90. The topological polar surface area (TPSA) is 66.3 Å². The molecule has 2 aromatic heterocycles. The summed E-state index contributed by atoms with van der Waals surface area (Å²) in [6.07, 6.45) is 1.50. The minimum absolute atomic E-state index is 0.102. The fraction of sp³-hybridized carbons (Fsp3) is 0.292. The molecule has 158 valence electrons. The molecule has 1 aliphatic heterocycles. The number of H-pyrrole nitrogens is 1. The summed E-state index contributed by atoms with van der Waals surface area (Å²) in [7, 11) is 0. The highest BCUT2D eigenvalue weighted by Gasteiger charge is 2.33. The molecule has 2 aromatic carbocycles. The van der Waals surface area contributed by atoms with Gasteiger partial charge in [-0.3, -0.25) is 9.69 Å². The zero-order chi connectivity index (χ0) is 21.5. The highest BCUT2D eigenvalue weighted by atomic mass is 19.1. The molecule has 6 nitrogen and oxygen atoms in total. The lowest BCUT2D eigenvalue weighted by Gasteiger charge is -2.16. The molecule has 1 aliphatic rings. The summed E-state index contributed by atoms with van der Waals surface area (Å²) < 4.78 is 15.4. The van der Waals surface area contributed by atoms with Gasteiger partial charge in [-0.05, 0) is 36.1 Å². The molecule has 1 saturated heterocycles. The van der Waals surface area contributed by atoms with Gasteiger partial charge >= 0.3 is 0 Å². The van der Waals surface area contributed by atoms with E-state index in [1.54, 1.807) is 10.6 Å². The predicted octanol–water partition coefficient (Wildman–Crippen LogP) is 3.77. The number of aryl methyl sites for hydroxylation is 1. The number of imidazole rings is 1. The van der Waals surface area contributed by atoms with Crippen LogP contribution in [0.2, 0.25) is 0 Å². The Bertz CT molecular complexity index is 1300. The lowest BCUT2D eigenvalue weighted by Crippen LogP contribution is -2.23. The van der Waals surface area contributed by atoms with E-state index in [-0.39, 0.29) is 17.3 Å². The number of likely N-dealkylation sites (tertiary alicyclic amines) is 1. The molecule has 2 atom stereocenters. The molecule has 4 aromatic rings.